The highest BCUT2D eigenvalue weighted by Crippen LogP contribution is 2.38. The first-order valence-electron chi connectivity index (χ1n) is 11.7. The summed E-state index contributed by atoms with van der Waals surface area (Å²) in [6.45, 7) is 2.06. The van der Waals surface area contributed by atoms with Gasteiger partial charge in [-0.1, -0.05) is 11.8 Å². The topological polar surface area (TPSA) is 92.1 Å². The lowest BCUT2D eigenvalue weighted by Gasteiger charge is -2.33. The van der Waals surface area contributed by atoms with Crippen molar-refractivity contribution in [3.63, 3.8) is 0 Å². The summed E-state index contributed by atoms with van der Waals surface area (Å²) in [6, 6.07) is 7.66. The van der Waals surface area contributed by atoms with Crippen LogP contribution >= 0.6 is 11.8 Å². The molecule has 1 atom stereocenters. The molecule has 0 aliphatic heterocycles. The van der Waals surface area contributed by atoms with E-state index >= 15 is 0 Å². The molecular weight excluding hydrogens is 497 g/mol. The summed E-state index contributed by atoms with van der Waals surface area (Å²) in [5.74, 6) is -0.416. The quantitative estimate of drug-likeness (QED) is 0.361. The predicted octanol–water partition coefficient (Wildman–Crippen LogP) is 4.77. The molecule has 1 aliphatic rings. The van der Waals surface area contributed by atoms with Gasteiger partial charge in [-0.3, -0.25) is 4.68 Å². The Bertz CT molecular complexity index is 1480. The number of pyridine rings is 2. The summed E-state index contributed by atoms with van der Waals surface area (Å²) in [4.78, 5) is 4.87. The molecule has 1 fully saturated rings. The SMILES string of the molecule is Cc1c(-c2cc(Sc3ncccc3F)c3c(C#N)cnn3c2)cnn1C1CCC(N(C)S(C)=O)CC1. The molecular formula is C25H26FN7OS2. The number of halogens is 1. The zero-order chi connectivity index (χ0) is 25.4. The third-order valence-corrected chi connectivity index (χ3v) is 9.05. The summed E-state index contributed by atoms with van der Waals surface area (Å²) >= 11 is 1.18. The first-order chi connectivity index (χ1) is 17.4. The molecule has 1 saturated carbocycles. The Balaban J connectivity index is 1.48. The van der Waals surface area contributed by atoms with Crippen LogP contribution in [0.15, 0.2) is 52.9 Å². The monoisotopic (exact) mass is 523 g/mol. The van der Waals surface area contributed by atoms with Crippen molar-refractivity contribution in [3.8, 4) is 17.2 Å². The minimum absolute atomic E-state index is 0.240. The Hall–Kier alpha value is -3.07. The van der Waals surface area contributed by atoms with E-state index in [-0.39, 0.29) is 11.1 Å². The minimum Gasteiger partial charge on any atom is -0.266 e. The van der Waals surface area contributed by atoms with Gasteiger partial charge in [0.25, 0.3) is 0 Å². The molecule has 4 aromatic heterocycles. The second-order valence-electron chi connectivity index (χ2n) is 8.97. The average Bonchev–Trinajstić information content (AvgIpc) is 3.48. The molecule has 4 aromatic rings. The highest BCUT2D eigenvalue weighted by Gasteiger charge is 2.28. The second kappa shape index (κ2) is 10.1. The highest BCUT2D eigenvalue weighted by atomic mass is 32.2. The van der Waals surface area contributed by atoms with E-state index in [1.807, 2.05) is 29.8 Å². The van der Waals surface area contributed by atoms with Crippen LogP contribution in [-0.4, -0.2) is 52.2 Å². The van der Waals surface area contributed by atoms with Crippen LogP contribution in [0, 0.1) is 24.1 Å². The maximum absolute atomic E-state index is 14.4. The van der Waals surface area contributed by atoms with E-state index in [1.165, 1.54) is 24.0 Å². The molecule has 0 N–H and O–H groups in total. The molecule has 0 bridgehead atoms. The van der Waals surface area contributed by atoms with Crippen LogP contribution in [0.4, 0.5) is 4.39 Å². The number of nitriles is 1. The fourth-order valence-electron chi connectivity index (χ4n) is 4.89. The Kier molecular flexibility index (Phi) is 6.92. The van der Waals surface area contributed by atoms with Gasteiger partial charge in [0.1, 0.15) is 11.1 Å². The van der Waals surface area contributed by atoms with Crippen molar-refractivity contribution < 1.29 is 8.60 Å². The molecule has 5 rings (SSSR count). The molecule has 1 aliphatic carbocycles. The molecule has 4 heterocycles. The van der Waals surface area contributed by atoms with Crippen LogP contribution in [0.25, 0.3) is 16.6 Å². The molecule has 0 radical (unpaired) electrons. The van der Waals surface area contributed by atoms with E-state index in [9.17, 15) is 13.9 Å². The van der Waals surface area contributed by atoms with Crippen molar-refractivity contribution in [3.05, 3.63) is 60.1 Å². The van der Waals surface area contributed by atoms with Crippen molar-refractivity contribution in [2.45, 2.75) is 54.6 Å². The van der Waals surface area contributed by atoms with Gasteiger partial charge in [0.05, 0.1) is 40.5 Å². The van der Waals surface area contributed by atoms with Gasteiger partial charge in [-0.05, 0) is 50.8 Å². The van der Waals surface area contributed by atoms with Gasteiger partial charge in [0.15, 0.2) is 5.82 Å². The van der Waals surface area contributed by atoms with Crippen LogP contribution < -0.4 is 0 Å². The van der Waals surface area contributed by atoms with E-state index in [1.54, 1.807) is 23.0 Å². The molecule has 0 spiro atoms. The molecule has 0 aromatic carbocycles. The molecule has 186 valence electrons. The molecule has 0 amide bonds. The molecule has 11 heteroatoms. The van der Waals surface area contributed by atoms with Crippen molar-refractivity contribution in [2.24, 2.45) is 0 Å². The molecule has 36 heavy (non-hydrogen) atoms. The van der Waals surface area contributed by atoms with Gasteiger partial charge in [0.2, 0.25) is 0 Å². The largest absolute Gasteiger partial charge is 0.266 e. The van der Waals surface area contributed by atoms with Crippen LogP contribution in [0.3, 0.4) is 0 Å². The summed E-state index contributed by atoms with van der Waals surface area (Å²) in [5.41, 5.74) is 3.92. The number of rotatable bonds is 6. The Labute approximate surface area is 215 Å². The standard InChI is InChI=1S/C25H26FN7OS2/c1-16-21(14-30-33(16)20-8-6-19(7-9-20)31(2)36(3)34)17-11-23(35-25-22(26)5-4-10-28-25)24-18(12-27)13-29-32(24)15-17/h4-5,10-11,13-15,19-20H,6-9H2,1-3H3. The van der Waals surface area contributed by atoms with Crippen molar-refractivity contribution in [1.82, 2.24) is 28.7 Å². The second-order valence-corrected chi connectivity index (χ2v) is 11.4. The highest BCUT2D eigenvalue weighted by molar-refractivity contribution is 7.99. The lowest BCUT2D eigenvalue weighted by atomic mass is 9.91. The van der Waals surface area contributed by atoms with Crippen LogP contribution in [-0.2, 0) is 11.0 Å². The third kappa shape index (κ3) is 4.56. The lowest BCUT2D eigenvalue weighted by molar-refractivity contribution is 0.232. The predicted molar refractivity (Wildman–Crippen MR) is 137 cm³/mol. The zero-order valence-corrected chi connectivity index (χ0v) is 21.9. The number of aromatic nitrogens is 5. The Morgan fingerprint density at radius 1 is 1.25 bits per heavy atom. The van der Waals surface area contributed by atoms with Crippen LogP contribution in [0.5, 0.6) is 0 Å². The summed E-state index contributed by atoms with van der Waals surface area (Å²) in [5, 5.41) is 18.9. The van der Waals surface area contributed by atoms with Crippen molar-refractivity contribution >= 4 is 28.3 Å². The molecule has 8 nitrogen and oxygen atoms in total. The van der Waals surface area contributed by atoms with Gasteiger partial charge < -0.3 is 0 Å². The first kappa shape index (κ1) is 24.6. The van der Waals surface area contributed by atoms with E-state index in [0.29, 0.717) is 22.0 Å². The summed E-state index contributed by atoms with van der Waals surface area (Å²) in [7, 11) is 0.959. The van der Waals surface area contributed by atoms with E-state index in [0.717, 1.165) is 42.5 Å². The Morgan fingerprint density at radius 3 is 2.72 bits per heavy atom. The normalized spacial score (nSPS) is 19.0. The number of hydrogen-bond donors (Lipinski definition) is 0. The minimum atomic E-state index is -0.966. The Morgan fingerprint density at radius 2 is 2.03 bits per heavy atom. The maximum Gasteiger partial charge on any atom is 0.155 e. The van der Waals surface area contributed by atoms with E-state index in [2.05, 4.69) is 27.8 Å². The fourth-order valence-corrected chi connectivity index (χ4v) is 6.50. The lowest BCUT2D eigenvalue weighted by Crippen LogP contribution is -2.36. The maximum atomic E-state index is 14.4. The van der Waals surface area contributed by atoms with Crippen molar-refractivity contribution in [2.75, 3.05) is 13.3 Å². The summed E-state index contributed by atoms with van der Waals surface area (Å²) in [6.07, 6.45) is 12.4. The average molecular weight is 524 g/mol. The van der Waals surface area contributed by atoms with E-state index in [4.69, 9.17) is 5.10 Å². The number of hydrogen-bond acceptors (Lipinski definition) is 6. The van der Waals surface area contributed by atoms with Crippen LogP contribution in [0.1, 0.15) is 43.0 Å². The van der Waals surface area contributed by atoms with Gasteiger partial charge in [-0.15, -0.1) is 0 Å². The molecule has 1 unspecified atom stereocenters. The van der Waals surface area contributed by atoms with Crippen LogP contribution in [0.2, 0.25) is 0 Å². The third-order valence-electron chi connectivity index (χ3n) is 6.92. The summed E-state index contributed by atoms with van der Waals surface area (Å²) < 4.78 is 32.0. The van der Waals surface area contributed by atoms with Gasteiger partial charge >= 0.3 is 0 Å². The number of fused-ring (bicyclic) bond motifs is 1. The first-order valence-corrected chi connectivity index (χ1v) is 14.0. The number of nitrogens with zero attached hydrogens (tertiary/aromatic N) is 7. The van der Waals surface area contributed by atoms with Gasteiger partial charge in [-0.2, -0.15) is 15.5 Å². The molecule has 0 saturated heterocycles. The smallest absolute Gasteiger partial charge is 0.155 e. The van der Waals surface area contributed by atoms with Gasteiger partial charge in [0, 0.05) is 53.5 Å². The fraction of sp³-hybridized carbons (Fsp3) is 0.360. The zero-order valence-electron chi connectivity index (χ0n) is 20.3. The van der Waals surface area contributed by atoms with E-state index < -0.39 is 16.8 Å². The van der Waals surface area contributed by atoms with Gasteiger partial charge in [-0.25, -0.2) is 22.4 Å². The van der Waals surface area contributed by atoms with Crippen molar-refractivity contribution in [1.29, 1.82) is 5.26 Å².